The number of aromatic hydroxyl groups is 2. The van der Waals surface area contributed by atoms with Gasteiger partial charge in [0.25, 0.3) is 32.1 Å². The summed E-state index contributed by atoms with van der Waals surface area (Å²) in [4.78, 5) is 42.4. The van der Waals surface area contributed by atoms with Crippen LogP contribution in [0.3, 0.4) is 0 Å². The highest BCUT2D eigenvalue weighted by Gasteiger charge is 2.22. The Morgan fingerprint density at radius 3 is 1.68 bits per heavy atom. The van der Waals surface area contributed by atoms with Crippen LogP contribution in [-0.4, -0.2) is 57.9 Å². The van der Waals surface area contributed by atoms with Crippen LogP contribution in [0.4, 0.5) is 34.1 Å². The van der Waals surface area contributed by atoms with Gasteiger partial charge < -0.3 is 30.8 Å². The lowest BCUT2D eigenvalue weighted by Crippen LogP contribution is -2.12. The van der Waals surface area contributed by atoms with E-state index in [0.717, 1.165) is 10.8 Å². The highest BCUT2D eigenvalue weighted by atomic mass is 32.2. The van der Waals surface area contributed by atoms with Crippen LogP contribution in [0.2, 0.25) is 0 Å². The Hall–Kier alpha value is -9.41. The number of hydrogen-bond donors (Lipinski definition) is 8. The predicted octanol–water partition coefficient (Wildman–Crippen LogP) is 11.6. The van der Waals surface area contributed by atoms with Crippen LogP contribution in [-0.2, 0) is 20.2 Å². The molecule has 10 aromatic rings. The van der Waals surface area contributed by atoms with Crippen molar-refractivity contribution in [2.24, 2.45) is 20.5 Å². The fraction of sp³-hybridized carbons (Fsp3) is 0.0192. The van der Waals surface area contributed by atoms with E-state index in [1.165, 1.54) is 42.5 Å². The van der Waals surface area contributed by atoms with Crippen molar-refractivity contribution in [3.05, 3.63) is 191 Å². The molecule has 0 radical (unpaired) electrons. The first-order valence-corrected chi connectivity index (χ1v) is 24.6. The number of anilines is 2. The summed E-state index contributed by atoms with van der Waals surface area (Å²) in [7, 11) is -8.92. The predicted molar refractivity (Wildman–Crippen MR) is 276 cm³/mol. The van der Waals surface area contributed by atoms with Crippen molar-refractivity contribution in [2.75, 3.05) is 10.6 Å². The molecule has 0 fully saturated rings. The molecule has 0 saturated heterocycles. The summed E-state index contributed by atoms with van der Waals surface area (Å²) in [5, 5.41) is 48.1. The normalized spacial score (nSPS) is 11.9. The van der Waals surface area contributed by atoms with Gasteiger partial charge in [0.2, 0.25) is 0 Å². The zero-order chi connectivity index (χ0) is 51.6. The number of aromatic amines is 2. The van der Waals surface area contributed by atoms with Crippen molar-refractivity contribution in [2.45, 2.75) is 16.7 Å². The maximum Gasteiger partial charge on any atom is 0.323 e. The molecule has 1 aromatic heterocycles. The SMILES string of the molecule is Cc1ccc(N=Nc2c(O)c(C(=O)Nc3ccc4[nH]c(=O)[nH]c4c3)cc3ccccc23)c(S(=O)(=O)O)c1.O=C(Nc1cccc2ccccc12)c1cc2ccccc2c(N=Nc2ccc(S(=O)(=O)O)cc2)c1O. The van der Waals surface area contributed by atoms with Gasteiger partial charge in [-0.05, 0) is 101 Å². The minimum Gasteiger partial charge on any atom is -0.505 e. The molecule has 0 atom stereocenters. The van der Waals surface area contributed by atoms with Gasteiger partial charge >= 0.3 is 5.69 Å². The van der Waals surface area contributed by atoms with Crippen LogP contribution in [0, 0.1) is 6.92 Å². The molecule has 1 heterocycles. The number of nitrogens with zero attached hydrogens (tertiary/aromatic N) is 4. The molecule has 364 valence electrons. The van der Waals surface area contributed by atoms with E-state index in [0.29, 0.717) is 49.5 Å². The molecule has 0 aliphatic rings. The Kier molecular flexibility index (Phi) is 13.2. The van der Waals surface area contributed by atoms with E-state index in [9.17, 15) is 46.0 Å². The number of nitrogens with one attached hydrogen (secondary N) is 4. The average molecular weight is 1020 g/mol. The molecular weight excluding hydrogens is 977 g/mol. The van der Waals surface area contributed by atoms with Gasteiger partial charge in [-0.1, -0.05) is 91.0 Å². The van der Waals surface area contributed by atoms with E-state index >= 15 is 0 Å². The Balaban J connectivity index is 0.000000180. The monoisotopic (exact) mass is 1010 g/mol. The minimum absolute atomic E-state index is 0.0253. The number of phenolic OH excluding ortho intramolecular Hbond substituents is 2. The lowest BCUT2D eigenvalue weighted by atomic mass is 10.0. The Bertz CT molecular complexity index is 4210. The van der Waals surface area contributed by atoms with Gasteiger partial charge in [0.15, 0.2) is 11.5 Å². The van der Waals surface area contributed by atoms with Gasteiger partial charge in [-0.2, -0.15) is 21.9 Å². The number of fused-ring (bicyclic) bond motifs is 4. The van der Waals surface area contributed by atoms with Gasteiger partial charge in [0, 0.05) is 27.5 Å². The van der Waals surface area contributed by atoms with Crippen LogP contribution in [0.1, 0.15) is 26.3 Å². The number of carbonyl (C=O) groups excluding carboxylic acids is 2. The Morgan fingerprint density at radius 2 is 1.07 bits per heavy atom. The molecule has 10 rings (SSSR count). The highest BCUT2D eigenvalue weighted by molar-refractivity contribution is 7.86. The van der Waals surface area contributed by atoms with Gasteiger partial charge in [-0.3, -0.25) is 18.7 Å². The second kappa shape index (κ2) is 19.8. The third-order valence-electron chi connectivity index (χ3n) is 11.3. The fourth-order valence-electron chi connectivity index (χ4n) is 7.82. The Morgan fingerprint density at radius 1 is 0.521 bits per heavy atom. The molecule has 0 aliphatic carbocycles. The van der Waals surface area contributed by atoms with Crippen LogP contribution >= 0.6 is 0 Å². The number of aromatic nitrogens is 2. The lowest BCUT2D eigenvalue weighted by Gasteiger charge is -2.12. The molecule has 21 heteroatoms. The van der Waals surface area contributed by atoms with Crippen molar-refractivity contribution in [1.82, 2.24) is 9.97 Å². The summed E-state index contributed by atoms with van der Waals surface area (Å²) in [6, 6.07) is 44.4. The van der Waals surface area contributed by atoms with E-state index in [1.807, 2.05) is 36.4 Å². The smallest absolute Gasteiger partial charge is 0.323 e. The van der Waals surface area contributed by atoms with Crippen molar-refractivity contribution in [3.63, 3.8) is 0 Å². The summed E-state index contributed by atoms with van der Waals surface area (Å²) in [5.74, 6) is -1.98. The third kappa shape index (κ3) is 10.5. The van der Waals surface area contributed by atoms with Crippen LogP contribution in [0.15, 0.2) is 199 Å². The van der Waals surface area contributed by atoms with Crippen molar-refractivity contribution < 1.29 is 45.7 Å². The molecule has 8 N–H and O–H groups in total. The second-order valence-electron chi connectivity index (χ2n) is 16.3. The summed E-state index contributed by atoms with van der Waals surface area (Å²) in [5.41, 5.74) is 2.35. The topological polar surface area (TPSA) is 305 Å². The third-order valence-corrected chi connectivity index (χ3v) is 13.1. The number of hydrogen-bond acceptors (Lipinski definition) is 13. The number of azo groups is 2. The largest absolute Gasteiger partial charge is 0.505 e. The summed E-state index contributed by atoms with van der Waals surface area (Å²) in [6.07, 6.45) is 0. The first-order valence-electron chi connectivity index (χ1n) is 21.7. The molecule has 9 aromatic carbocycles. The summed E-state index contributed by atoms with van der Waals surface area (Å²) < 4.78 is 64.9. The van der Waals surface area contributed by atoms with E-state index in [2.05, 4.69) is 41.1 Å². The molecule has 2 amide bonds. The maximum atomic E-state index is 13.3. The number of rotatable bonds is 10. The number of aryl methyl sites for hydroxylation is 1. The zero-order valence-electron chi connectivity index (χ0n) is 37.8. The van der Waals surface area contributed by atoms with Gasteiger partial charge in [0.05, 0.1) is 32.7 Å². The van der Waals surface area contributed by atoms with Gasteiger partial charge in [-0.15, -0.1) is 15.3 Å². The van der Waals surface area contributed by atoms with Crippen molar-refractivity contribution in [1.29, 1.82) is 0 Å². The first-order chi connectivity index (χ1) is 34.9. The van der Waals surface area contributed by atoms with Crippen molar-refractivity contribution >= 4 is 110 Å². The van der Waals surface area contributed by atoms with E-state index in [-0.39, 0.29) is 50.2 Å². The number of H-pyrrole nitrogens is 2. The van der Waals surface area contributed by atoms with E-state index in [4.69, 9.17) is 4.55 Å². The number of carbonyl (C=O) groups is 2. The molecule has 0 spiro atoms. The quantitative estimate of drug-likeness (QED) is 0.0470. The number of imidazole rings is 1. The standard InChI is InChI=1S/C27H19N3O5S.C25H19N5O6S/c31-26-23(27(32)28-24-11-5-8-17-6-1-3-9-21(17)24)16-18-7-2-4-10-22(18)25(26)30-29-19-12-14-20(15-13-19)36(33,34)35;1-13-6-8-19(21(10-13)37(34,35)36)29-30-22-16-5-3-2-4-14(16)11-17(23(22)31)24(32)26-15-7-9-18-20(12-15)28-25(33)27-18/h1-16,31H,(H,28,32)(H,33,34,35);2-12,31H,1H3,(H,26,32)(H2,27,28,33)(H,34,35,36). The molecule has 0 unspecified atom stereocenters. The average Bonchev–Trinajstić information content (AvgIpc) is 3.75. The molecule has 0 saturated carbocycles. The number of amides is 2. The van der Waals surface area contributed by atoms with Gasteiger partial charge in [-0.25, -0.2) is 4.79 Å². The molecule has 0 aliphatic heterocycles. The minimum atomic E-state index is -4.59. The van der Waals surface area contributed by atoms with Crippen LogP contribution in [0.5, 0.6) is 11.5 Å². The van der Waals surface area contributed by atoms with Crippen molar-refractivity contribution in [3.8, 4) is 11.5 Å². The van der Waals surface area contributed by atoms with E-state index in [1.54, 1.807) is 91.9 Å². The lowest BCUT2D eigenvalue weighted by molar-refractivity contribution is 0.101. The fourth-order valence-corrected chi connectivity index (χ4v) is 9.01. The maximum absolute atomic E-state index is 13.3. The zero-order valence-corrected chi connectivity index (χ0v) is 39.5. The molecular formula is C52H38N8O11S2. The number of phenols is 2. The molecule has 19 nitrogen and oxygen atoms in total. The molecule has 73 heavy (non-hydrogen) atoms. The van der Waals surface area contributed by atoms with Crippen LogP contribution in [0.25, 0.3) is 43.4 Å². The highest BCUT2D eigenvalue weighted by Crippen LogP contribution is 2.42. The van der Waals surface area contributed by atoms with Crippen LogP contribution < -0.4 is 16.3 Å². The van der Waals surface area contributed by atoms with Gasteiger partial charge in [0.1, 0.15) is 22.0 Å². The number of benzene rings is 9. The second-order valence-corrected chi connectivity index (χ2v) is 19.1. The summed E-state index contributed by atoms with van der Waals surface area (Å²) in [6.45, 7) is 1.66. The molecule has 0 bridgehead atoms. The Labute approximate surface area is 413 Å². The first kappa shape index (κ1) is 48.6. The summed E-state index contributed by atoms with van der Waals surface area (Å²) >= 11 is 0. The van der Waals surface area contributed by atoms with E-state index < -0.39 is 42.7 Å².